The lowest BCUT2D eigenvalue weighted by atomic mass is 10.1. The van der Waals surface area contributed by atoms with Crippen LogP contribution in [-0.4, -0.2) is 30.8 Å². The molecule has 1 aromatic heterocycles. The van der Waals surface area contributed by atoms with Crippen molar-refractivity contribution in [1.82, 2.24) is 10.5 Å². The number of fused-ring (bicyclic) bond motifs is 1. The van der Waals surface area contributed by atoms with Gasteiger partial charge < -0.3 is 14.6 Å². The van der Waals surface area contributed by atoms with Gasteiger partial charge in [0.2, 0.25) is 5.91 Å². The summed E-state index contributed by atoms with van der Waals surface area (Å²) in [7, 11) is -3.32. The first-order valence-corrected chi connectivity index (χ1v) is 12.1. The van der Waals surface area contributed by atoms with Gasteiger partial charge in [-0.2, -0.15) is 0 Å². The monoisotopic (exact) mass is 454 g/mol. The molecule has 8 heteroatoms. The molecule has 7 nitrogen and oxygen atoms in total. The minimum absolute atomic E-state index is 0.146. The zero-order valence-electron chi connectivity index (χ0n) is 18.3. The van der Waals surface area contributed by atoms with E-state index in [0.717, 1.165) is 23.3 Å². The van der Waals surface area contributed by atoms with Gasteiger partial charge in [0.05, 0.1) is 23.1 Å². The van der Waals surface area contributed by atoms with Gasteiger partial charge in [-0.3, -0.25) is 4.79 Å². The molecule has 0 bridgehead atoms. The maximum Gasteiger partial charge on any atom is 0.224 e. The third-order valence-electron chi connectivity index (χ3n) is 5.45. The van der Waals surface area contributed by atoms with Crippen LogP contribution in [0.25, 0.3) is 11.3 Å². The van der Waals surface area contributed by atoms with E-state index in [1.54, 1.807) is 44.2 Å². The highest BCUT2D eigenvalue weighted by Gasteiger charge is 2.21. The summed E-state index contributed by atoms with van der Waals surface area (Å²) >= 11 is 0. The number of benzene rings is 2. The molecule has 32 heavy (non-hydrogen) atoms. The van der Waals surface area contributed by atoms with E-state index in [1.807, 2.05) is 25.1 Å². The van der Waals surface area contributed by atoms with Gasteiger partial charge in [-0.05, 0) is 50.1 Å². The average molecular weight is 455 g/mol. The zero-order valence-corrected chi connectivity index (χ0v) is 19.1. The van der Waals surface area contributed by atoms with Crippen LogP contribution in [0.1, 0.15) is 37.6 Å². The van der Waals surface area contributed by atoms with Crippen molar-refractivity contribution in [2.75, 3.05) is 0 Å². The van der Waals surface area contributed by atoms with Crippen LogP contribution in [0.5, 0.6) is 5.75 Å². The lowest BCUT2D eigenvalue weighted by Gasteiger charge is -2.08. The Morgan fingerprint density at radius 2 is 1.91 bits per heavy atom. The van der Waals surface area contributed by atoms with Crippen molar-refractivity contribution in [3.05, 3.63) is 65.4 Å². The molecule has 3 aromatic rings. The lowest BCUT2D eigenvalue weighted by Crippen LogP contribution is -2.24. The first kappa shape index (κ1) is 22.1. The summed E-state index contributed by atoms with van der Waals surface area (Å²) in [4.78, 5) is 12.6. The number of ether oxygens (including phenoxy) is 1. The second-order valence-electron chi connectivity index (χ2n) is 8.33. The van der Waals surface area contributed by atoms with Gasteiger partial charge in [-0.25, -0.2) is 8.42 Å². The number of hydrogen-bond donors (Lipinski definition) is 1. The Bertz CT molecular complexity index is 1230. The second-order valence-corrected chi connectivity index (χ2v) is 10.8. The first-order chi connectivity index (χ1) is 15.2. The van der Waals surface area contributed by atoms with Gasteiger partial charge in [0.25, 0.3) is 0 Å². The van der Waals surface area contributed by atoms with Crippen LogP contribution in [-0.2, 0) is 34.0 Å². The Morgan fingerprint density at radius 3 is 2.62 bits per heavy atom. The normalized spacial score (nSPS) is 15.4. The van der Waals surface area contributed by atoms with E-state index in [4.69, 9.17) is 9.26 Å². The van der Waals surface area contributed by atoms with E-state index in [2.05, 4.69) is 10.5 Å². The molecule has 1 aliphatic heterocycles. The SMILES string of the molecule is CC1Cc2ccc(-c3cc(CNC(=O)Cc4ccc(S(=O)(=O)C(C)C)cc4)no3)cc2O1. The van der Waals surface area contributed by atoms with Crippen molar-refractivity contribution >= 4 is 15.7 Å². The molecule has 0 aliphatic carbocycles. The van der Waals surface area contributed by atoms with Gasteiger partial charge in [-0.1, -0.05) is 29.4 Å². The Hall–Kier alpha value is -3.13. The molecule has 1 unspecified atom stereocenters. The van der Waals surface area contributed by atoms with Gasteiger partial charge in [0.1, 0.15) is 17.5 Å². The summed E-state index contributed by atoms with van der Waals surface area (Å²) in [5, 5.41) is 6.37. The topological polar surface area (TPSA) is 98.5 Å². The number of carbonyl (C=O) groups excluding carboxylic acids is 1. The summed E-state index contributed by atoms with van der Waals surface area (Å²) in [5.74, 6) is 1.30. The highest BCUT2D eigenvalue weighted by molar-refractivity contribution is 7.92. The molecular weight excluding hydrogens is 428 g/mol. The number of carbonyl (C=O) groups is 1. The highest BCUT2D eigenvalue weighted by atomic mass is 32.2. The average Bonchev–Trinajstić information content (AvgIpc) is 3.37. The van der Waals surface area contributed by atoms with Crippen LogP contribution in [0.15, 0.2) is 57.9 Å². The third kappa shape index (κ3) is 4.70. The van der Waals surface area contributed by atoms with Crippen molar-refractivity contribution in [3.63, 3.8) is 0 Å². The Morgan fingerprint density at radius 1 is 1.16 bits per heavy atom. The molecule has 1 amide bonds. The summed E-state index contributed by atoms with van der Waals surface area (Å²) in [5.41, 5.74) is 3.40. The van der Waals surface area contributed by atoms with E-state index in [9.17, 15) is 13.2 Å². The summed E-state index contributed by atoms with van der Waals surface area (Å²) < 4.78 is 35.6. The number of nitrogens with zero attached hydrogens (tertiary/aromatic N) is 1. The number of hydrogen-bond acceptors (Lipinski definition) is 6. The fourth-order valence-corrected chi connectivity index (χ4v) is 4.65. The predicted molar refractivity (Wildman–Crippen MR) is 120 cm³/mol. The molecule has 1 aliphatic rings. The number of rotatable bonds is 7. The second kappa shape index (κ2) is 8.78. The standard InChI is InChI=1S/C24H26N2O5S/c1-15(2)32(28,29)21-8-4-17(5-9-21)11-24(27)25-14-20-13-23(31-26-20)19-7-6-18-10-16(3)30-22(18)12-19/h4-9,12-13,15-16H,10-11,14H2,1-3H3,(H,25,27). The van der Waals surface area contributed by atoms with Gasteiger partial charge >= 0.3 is 0 Å². The van der Waals surface area contributed by atoms with Crippen molar-refractivity contribution in [2.24, 2.45) is 0 Å². The first-order valence-electron chi connectivity index (χ1n) is 10.6. The Balaban J connectivity index is 1.33. The molecule has 1 atom stereocenters. The van der Waals surface area contributed by atoms with Crippen LogP contribution >= 0.6 is 0 Å². The number of amides is 1. The molecule has 4 rings (SSSR count). The molecule has 168 valence electrons. The summed E-state index contributed by atoms with van der Waals surface area (Å²) in [6.07, 6.45) is 1.23. The lowest BCUT2D eigenvalue weighted by molar-refractivity contribution is -0.120. The fourth-order valence-electron chi connectivity index (χ4n) is 3.59. The molecular formula is C24H26N2O5S. The van der Waals surface area contributed by atoms with Crippen molar-refractivity contribution in [1.29, 1.82) is 0 Å². The van der Waals surface area contributed by atoms with Crippen LogP contribution < -0.4 is 10.1 Å². The maximum atomic E-state index is 12.3. The molecule has 1 N–H and O–H groups in total. The van der Waals surface area contributed by atoms with E-state index >= 15 is 0 Å². The molecule has 0 saturated heterocycles. The minimum Gasteiger partial charge on any atom is -0.490 e. The third-order valence-corrected chi connectivity index (χ3v) is 7.62. The largest absolute Gasteiger partial charge is 0.490 e. The molecule has 0 spiro atoms. The van der Waals surface area contributed by atoms with Crippen molar-refractivity contribution in [3.8, 4) is 17.1 Å². The minimum atomic E-state index is -3.32. The van der Waals surface area contributed by atoms with Crippen molar-refractivity contribution in [2.45, 2.75) is 56.4 Å². The van der Waals surface area contributed by atoms with Crippen molar-refractivity contribution < 1.29 is 22.5 Å². The van der Waals surface area contributed by atoms with E-state index in [1.165, 1.54) is 5.56 Å². The van der Waals surface area contributed by atoms with E-state index in [0.29, 0.717) is 11.5 Å². The molecule has 0 saturated carbocycles. The summed E-state index contributed by atoms with van der Waals surface area (Å²) in [6, 6.07) is 14.2. The smallest absolute Gasteiger partial charge is 0.224 e. The summed E-state index contributed by atoms with van der Waals surface area (Å²) in [6.45, 7) is 5.56. The Kier molecular flexibility index (Phi) is 6.06. The highest BCUT2D eigenvalue weighted by Crippen LogP contribution is 2.33. The predicted octanol–water partition coefficient (Wildman–Crippen LogP) is 3.71. The molecule has 0 radical (unpaired) electrons. The van der Waals surface area contributed by atoms with Crippen LogP contribution in [0.3, 0.4) is 0 Å². The number of nitrogens with one attached hydrogen (secondary N) is 1. The zero-order chi connectivity index (χ0) is 22.9. The van der Waals surface area contributed by atoms with Gasteiger partial charge in [0.15, 0.2) is 15.6 Å². The number of aromatic nitrogens is 1. The quantitative estimate of drug-likeness (QED) is 0.584. The van der Waals surface area contributed by atoms with Gasteiger partial charge in [0, 0.05) is 18.1 Å². The Labute approximate surface area is 187 Å². The van der Waals surface area contributed by atoms with Crippen LogP contribution in [0.4, 0.5) is 0 Å². The van der Waals surface area contributed by atoms with E-state index in [-0.39, 0.29) is 29.9 Å². The number of sulfone groups is 1. The molecule has 2 aromatic carbocycles. The molecule has 2 heterocycles. The van der Waals surface area contributed by atoms with Crippen LogP contribution in [0, 0.1) is 0 Å². The molecule has 0 fully saturated rings. The van der Waals surface area contributed by atoms with Crippen LogP contribution in [0.2, 0.25) is 0 Å². The van der Waals surface area contributed by atoms with Gasteiger partial charge in [-0.15, -0.1) is 0 Å². The van der Waals surface area contributed by atoms with E-state index < -0.39 is 15.1 Å². The maximum absolute atomic E-state index is 12.3. The fraction of sp³-hybridized carbons (Fsp3) is 0.333.